The van der Waals surface area contributed by atoms with Gasteiger partial charge < -0.3 is 10.5 Å². The highest BCUT2D eigenvalue weighted by atomic mass is 16.6. The molecule has 108 valence electrons. The van der Waals surface area contributed by atoms with Gasteiger partial charge in [-0.25, -0.2) is 4.98 Å². The number of hydrogen-bond donors (Lipinski definition) is 2. The topological polar surface area (TPSA) is 115 Å². The van der Waals surface area contributed by atoms with Crippen LogP contribution in [0.15, 0.2) is 30.5 Å². The van der Waals surface area contributed by atoms with Crippen LogP contribution in [-0.4, -0.2) is 15.7 Å². The minimum Gasteiger partial charge on any atom is -0.439 e. The molecule has 0 unspecified atom stereocenters. The second-order valence-electron chi connectivity index (χ2n) is 4.56. The Morgan fingerprint density at radius 1 is 1.33 bits per heavy atom. The fourth-order valence-corrected chi connectivity index (χ4v) is 1.83. The largest absolute Gasteiger partial charge is 0.439 e. The number of nitrogens with one attached hydrogen (secondary N) is 1. The van der Waals surface area contributed by atoms with E-state index < -0.39 is 4.92 Å². The molecule has 0 fully saturated rings. The number of nitrogen functional groups attached to an aromatic ring is 1. The van der Waals surface area contributed by atoms with Gasteiger partial charge in [0, 0.05) is 29.5 Å². The van der Waals surface area contributed by atoms with Crippen LogP contribution >= 0.6 is 0 Å². The van der Waals surface area contributed by atoms with Gasteiger partial charge in [0.2, 0.25) is 5.88 Å². The molecular weight excluding hydrogens is 272 g/mol. The molecule has 2 aromatic rings. The highest BCUT2D eigenvalue weighted by molar-refractivity contribution is 5.95. The van der Waals surface area contributed by atoms with Crippen LogP contribution in [0.5, 0.6) is 11.6 Å². The molecule has 0 atom stereocenters. The quantitative estimate of drug-likeness (QED) is 0.388. The van der Waals surface area contributed by atoms with Crippen molar-refractivity contribution in [1.82, 2.24) is 4.98 Å². The van der Waals surface area contributed by atoms with Crippen molar-refractivity contribution in [2.24, 2.45) is 5.73 Å². The highest BCUT2D eigenvalue weighted by Gasteiger charge is 2.15. The van der Waals surface area contributed by atoms with Crippen LogP contribution in [0.25, 0.3) is 0 Å². The lowest BCUT2D eigenvalue weighted by Gasteiger charge is -2.10. The number of nitrogens with two attached hydrogens (primary N) is 1. The third-order valence-electron chi connectivity index (χ3n) is 2.95. The average Bonchev–Trinajstić information content (AvgIpc) is 2.42. The van der Waals surface area contributed by atoms with Gasteiger partial charge in [-0.15, -0.1) is 0 Å². The van der Waals surface area contributed by atoms with Crippen molar-refractivity contribution in [1.29, 1.82) is 5.41 Å². The number of nitro groups is 1. The molecule has 0 saturated carbocycles. The normalized spacial score (nSPS) is 10.2. The van der Waals surface area contributed by atoms with Crippen molar-refractivity contribution in [3.63, 3.8) is 0 Å². The van der Waals surface area contributed by atoms with E-state index in [-0.39, 0.29) is 17.4 Å². The van der Waals surface area contributed by atoms with Gasteiger partial charge in [-0.1, -0.05) is 0 Å². The molecule has 0 saturated heterocycles. The van der Waals surface area contributed by atoms with Gasteiger partial charge in [0.15, 0.2) is 0 Å². The van der Waals surface area contributed by atoms with Crippen molar-refractivity contribution in [3.8, 4) is 11.6 Å². The number of ether oxygens (including phenoxy) is 1. The molecule has 0 bridgehead atoms. The number of rotatable bonds is 4. The van der Waals surface area contributed by atoms with Crippen molar-refractivity contribution < 1.29 is 9.66 Å². The van der Waals surface area contributed by atoms with Crippen LogP contribution in [0, 0.1) is 29.4 Å². The number of nitro benzene ring substituents is 1. The van der Waals surface area contributed by atoms with Crippen LogP contribution in [0.2, 0.25) is 0 Å². The predicted molar refractivity (Wildman–Crippen MR) is 77.9 cm³/mol. The lowest BCUT2D eigenvalue weighted by atomic mass is 10.1. The van der Waals surface area contributed by atoms with Crippen molar-refractivity contribution in [2.45, 2.75) is 13.8 Å². The predicted octanol–water partition coefficient (Wildman–Crippen LogP) is 2.68. The Morgan fingerprint density at radius 3 is 2.67 bits per heavy atom. The molecule has 1 aromatic heterocycles. The van der Waals surface area contributed by atoms with Crippen molar-refractivity contribution in [3.05, 3.63) is 57.3 Å². The number of hydrogen-bond acceptors (Lipinski definition) is 5. The van der Waals surface area contributed by atoms with Crippen LogP contribution in [0.1, 0.15) is 16.7 Å². The summed E-state index contributed by atoms with van der Waals surface area (Å²) in [6.07, 6.45) is 1.49. The molecule has 0 aliphatic rings. The monoisotopic (exact) mass is 286 g/mol. The van der Waals surface area contributed by atoms with Gasteiger partial charge in [0.05, 0.1) is 4.92 Å². The van der Waals surface area contributed by atoms with E-state index in [0.29, 0.717) is 22.4 Å². The van der Waals surface area contributed by atoms with Gasteiger partial charge in [0.1, 0.15) is 11.6 Å². The summed E-state index contributed by atoms with van der Waals surface area (Å²) in [4.78, 5) is 14.5. The lowest BCUT2D eigenvalue weighted by molar-refractivity contribution is -0.385. The number of nitrogens with zero attached hydrogens (tertiary/aromatic N) is 2. The van der Waals surface area contributed by atoms with Crippen LogP contribution in [0.4, 0.5) is 5.69 Å². The minimum atomic E-state index is -0.430. The summed E-state index contributed by atoms with van der Waals surface area (Å²) >= 11 is 0. The molecule has 3 N–H and O–H groups in total. The maximum absolute atomic E-state index is 10.9. The number of aromatic nitrogens is 1. The maximum atomic E-state index is 10.9. The Morgan fingerprint density at radius 2 is 2.05 bits per heavy atom. The first kappa shape index (κ1) is 14.4. The Labute approximate surface area is 121 Å². The molecule has 1 aromatic carbocycles. The standard InChI is InChI=1S/C14H14N4O3/c1-8-6-12(9(2)5-11(8)18(19)20)21-13-7-10(14(15)16)3-4-17-13/h3-7H,1-2H3,(H3,15,16). The number of pyridine rings is 1. The van der Waals surface area contributed by atoms with E-state index in [0.717, 1.165) is 0 Å². The molecule has 1 heterocycles. The van der Waals surface area contributed by atoms with E-state index in [9.17, 15) is 10.1 Å². The average molecular weight is 286 g/mol. The number of aryl methyl sites for hydroxylation is 2. The first-order valence-electron chi connectivity index (χ1n) is 6.12. The Hall–Kier alpha value is -2.96. The van der Waals surface area contributed by atoms with E-state index in [2.05, 4.69) is 4.98 Å². The van der Waals surface area contributed by atoms with Gasteiger partial charge in [-0.05, 0) is 31.5 Å². The van der Waals surface area contributed by atoms with Crippen LogP contribution in [-0.2, 0) is 0 Å². The van der Waals surface area contributed by atoms with Crippen molar-refractivity contribution in [2.75, 3.05) is 0 Å². The Balaban J connectivity index is 2.36. The molecule has 0 amide bonds. The first-order valence-corrected chi connectivity index (χ1v) is 6.12. The summed E-state index contributed by atoms with van der Waals surface area (Å²) in [5.74, 6) is 0.671. The zero-order valence-corrected chi connectivity index (χ0v) is 11.6. The van der Waals surface area contributed by atoms with E-state index >= 15 is 0 Å². The van der Waals surface area contributed by atoms with E-state index in [1.54, 1.807) is 32.0 Å². The number of amidine groups is 1. The molecule has 7 heteroatoms. The molecular formula is C14H14N4O3. The summed E-state index contributed by atoms with van der Waals surface area (Å²) in [6.45, 7) is 3.36. The second kappa shape index (κ2) is 5.58. The van der Waals surface area contributed by atoms with Gasteiger partial charge in [0.25, 0.3) is 5.69 Å². The van der Waals surface area contributed by atoms with Crippen LogP contribution in [0.3, 0.4) is 0 Å². The summed E-state index contributed by atoms with van der Waals surface area (Å²) < 4.78 is 5.63. The summed E-state index contributed by atoms with van der Waals surface area (Å²) in [5, 5.41) is 18.3. The van der Waals surface area contributed by atoms with Crippen molar-refractivity contribution >= 4 is 11.5 Å². The van der Waals surface area contributed by atoms with E-state index in [1.807, 2.05) is 0 Å². The van der Waals surface area contributed by atoms with Gasteiger partial charge >= 0.3 is 0 Å². The van der Waals surface area contributed by atoms with Gasteiger partial charge in [-0.3, -0.25) is 15.5 Å². The van der Waals surface area contributed by atoms with E-state index in [1.165, 1.54) is 12.3 Å². The summed E-state index contributed by atoms with van der Waals surface area (Å²) in [6, 6.07) is 6.19. The third kappa shape index (κ3) is 3.14. The number of benzene rings is 1. The van der Waals surface area contributed by atoms with Gasteiger partial charge in [-0.2, -0.15) is 0 Å². The first-order chi connectivity index (χ1) is 9.88. The molecule has 0 spiro atoms. The molecule has 7 nitrogen and oxygen atoms in total. The maximum Gasteiger partial charge on any atom is 0.272 e. The Kier molecular flexibility index (Phi) is 3.84. The third-order valence-corrected chi connectivity index (χ3v) is 2.95. The SMILES string of the molecule is Cc1cc([N+](=O)[O-])c(C)cc1Oc1cc(C(=N)N)ccn1. The fourth-order valence-electron chi connectivity index (χ4n) is 1.83. The molecule has 0 aliphatic carbocycles. The zero-order valence-electron chi connectivity index (χ0n) is 11.6. The summed E-state index contributed by atoms with van der Waals surface area (Å²) in [7, 11) is 0. The summed E-state index contributed by atoms with van der Waals surface area (Å²) in [5.41, 5.74) is 7.08. The second-order valence-corrected chi connectivity index (χ2v) is 4.56. The van der Waals surface area contributed by atoms with Crippen LogP contribution < -0.4 is 10.5 Å². The molecule has 21 heavy (non-hydrogen) atoms. The molecule has 2 rings (SSSR count). The minimum absolute atomic E-state index is 0.0466. The highest BCUT2D eigenvalue weighted by Crippen LogP contribution is 2.30. The fraction of sp³-hybridized carbons (Fsp3) is 0.143. The molecule has 0 radical (unpaired) electrons. The zero-order chi connectivity index (χ0) is 15.6. The Bertz CT molecular complexity index is 728. The smallest absolute Gasteiger partial charge is 0.272 e. The molecule has 0 aliphatic heterocycles. The lowest BCUT2D eigenvalue weighted by Crippen LogP contribution is -2.11. The van der Waals surface area contributed by atoms with E-state index in [4.69, 9.17) is 15.9 Å².